The number of piperidine rings is 1. The smallest absolute Gasteiger partial charge is 0.388 e. The van der Waals surface area contributed by atoms with Crippen LogP contribution in [0.15, 0.2) is 54.9 Å². The highest BCUT2D eigenvalue weighted by Crippen LogP contribution is 2.48. The van der Waals surface area contributed by atoms with Crippen molar-refractivity contribution in [1.82, 2.24) is 34.3 Å². The van der Waals surface area contributed by atoms with Crippen LogP contribution in [0.3, 0.4) is 0 Å². The van der Waals surface area contributed by atoms with E-state index < -0.39 is 24.2 Å². The zero-order valence-electron chi connectivity index (χ0n) is 23.9. The van der Waals surface area contributed by atoms with Gasteiger partial charge in [0.15, 0.2) is 11.4 Å². The first-order chi connectivity index (χ1) is 21.4. The SMILES string of the molecule is CC(=O)c1nn(CC(=O)N2C3C[C@@H]3C[C@H]2C(=O)Nc2cccc(OC(F)(F)F)n2)c2ccc(-c3cnc4cc(C)nn4c3)cc12. The Balaban J connectivity index is 1.13. The second-order valence-corrected chi connectivity index (χ2v) is 11.2. The molecule has 12 nitrogen and oxygen atoms in total. The van der Waals surface area contributed by atoms with Gasteiger partial charge in [-0.2, -0.15) is 15.2 Å². The summed E-state index contributed by atoms with van der Waals surface area (Å²) in [6.07, 6.45) is -0.205. The number of ketones is 1. The lowest BCUT2D eigenvalue weighted by Crippen LogP contribution is -2.46. The number of amides is 2. The normalized spacial score (nSPS) is 19.1. The molecule has 5 aromatic rings. The number of Topliss-reactive ketones (excluding diaryl/α,β-unsaturated/α-hetero) is 1. The van der Waals surface area contributed by atoms with Crippen LogP contribution >= 0.6 is 0 Å². The van der Waals surface area contributed by atoms with E-state index in [-0.39, 0.29) is 41.7 Å². The molecule has 1 saturated heterocycles. The fraction of sp³-hybridized carbons (Fsp3) is 0.300. The van der Waals surface area contributed by atoms with Gasteiger partial charge in [0, 0.05) is 48.4 Å². The molecule has 2 amide bonds. The zero-order chi connectivity index (χ0) is 31.6. The van der Waals surface area contributed by atoms with E-state index in [2.05, 4.69) is 30.2 Å². The Morgan fingerprint density at radius 3 is 2.67 bits per heavy atom. The average Bonchev–Trinajstić information content (AvgIpc) is 3.29. The Morgan fingerprint density at radius 2 is 1.89 bits per heavy atom. The number of pyridine rings is 1. The second kappa shape index (κ2) is 10.4. The van der Waals surface area contributed by atoms with E-state index in [4.69, 9.17) is 0 Å². The number of hydrogen-bond acceptors (Lipinski definition) is 8. The third-order valence-corrected chi connectivity index (χ3v) is 8.03. The van der Waals surface area contributed by atoms with Crippen molar-refractivity contribution < 1.29 is 32.3 Å². The third-order valence-electron chi connectivity index (χ3n) is 8.03. The zero-order valence-corrected chi connectivity index (χ0v) is 23.9. The van der Waals surface area contributed by atoms with Gasteiger partial charge < -0.3 is 15.0 Å². The molecule has 1 aliphatic heterocycles. The van der Waals surface area contributed by atoms with Gasteiger partial charge in [-0.3, -0.25) is 19.1 Å². The monoisotopic (exact) mass is 618 g/mol. The Morgan fingerprint density at radius 1 is 1.07 bits per heavy atom. The highest BCUT2D eigenvalue weighted by atomic mass is 19.4. The van der Waals surface area contributed by atoms with Gasteiger partial charge in [0.25, 0.3) is 0 Å². The number of benzene rings is 1. The van der Waals surface area contributed by atoms with Crippen LogP contribution in [0.5, 0.6) is 5.88 Å². The minimum absolute atomic E-state index is 0.129. The first-order valence-electron chi connectivity index (χ1n) is 14.1. The van der Waals surface area contributed by atoms with Crippen molar-refractivity contribution in [2.75, 3.05) is 5.32 Å². The third kappa shape index (κ3) is 5.45. The summed E-state index contributed by atoms with van der Waals surface area (Å²) >= 11 is 0. The molecule has 4 aromatic heterocycles. The number of carbonyl (C=O) groups is 3. The number of ether oxygens (including phenoxy) is 1. The Hall–Kier alpha value is -5.34. The molecule has 2 aliphatic rings. The molecular weight excluding hydrogens is 593 g/mol. The quantitative estimate of drug-likeness (QED) is 0.269. The van der Waals surface area contributed by atoms with Crippen LogP contribution in [0.1, 0.15) is 35.9 Å². The van der Waals surface area contributed by atoms with Crippen LogP contribution in [-0.4, -0.2) is 70.3 Å². The average molecular weight is 619 g/mol. The minimum Gasteiger partial charge on any atom is -0.388 e. The van der Waals surface area contributed by atoms with Gasteiger partial charge in [-0.25, -0.2) is 9.50 Å². The highest BCUT2D eigenvalue weighted by Gasteiger charge is 2.56. The van der Waals surface area contributed by atoms with E-state index in [0.29, 0.717) is 23.0 Å². The van der Waals surface area contributed by atoms with Crippen LogP contribution in [-0.2, 0) is 16.1 Å². The van der Waals surface area contributed by atoms with Crippen molar-refractivity contribution in [2.45, 2.75) is 51.7 Å². The molecule has 7 rings (SSSR count). The lowest BCUT2D eigenvalue weighted by Gasteiger charge is -2.27. The van der Waals surface area contributed by atoms with Crippen molar-refractivity contribution >= 4 is 40.0 Å². The van der Waals surface area contributed by atoms with Crippen molar-refractivity contribution in [1.29, 1.82) is 0 Å². The van der Waals surface area contributed by atoms with Crippen LogP contribution < -0.4 is 10.1 Å². The summed E-state index contributed by atoms with van der Waals surface area (Å²) < 4.78 is 44.8. The summed E-state index contributed by atoms with van der Waals surface area (Å²) in [5.41, 5.74) is 3.88. The Kier molecular flexibility index (Phi) is 6.56. The molecule has 1 aromatic carbocycles. The van der Waals surface area contributed by atoms with Crippen LogP contribution in [0.2, 0.25) is 0 Å². The molecule has 2 fully saturated rings. The molecule has 0 bridgehead atoms. The topological polar surface area (TPSA) is 137 Å². The number of likely N-dealkylation sites (tertiary alicyclic amines) is 1. The maximum absolute atomic E-state index is 13.7. The number of alkyl halides is 3. The number of nitrogens with one attached hydrogen (secondary N) is 1. The molecule has 45 heavy (non-hydrogen) atoms. The molecule has 3 atom stereocenters. The summed E-state index contributed by atoms with van der Waals surface area (Å²) in [7, 11) is 0. The van der Waals surface area contributed by atoms with E-state index in [1.54, 1.807) is 16.8 Å². The number of anilines is 1. The van der Waals surface area contributed by atoms with E-state index >= 15 is 0 Å². The summed E-state index contributed by atoms with van der Waals surface area (Å²) in [4.78, 5) is 49.2. The van der Waals surface area contributed by atoms with Crippen LogP contribution in [0.4, 0.5) is 19.0 Å². The molecule has 1 aliphatic carbocycles. The molecule has 1 N–H and O–H groups in total. The molecular formula is C30H25F3N8O4. The second-order valence-electron chi connectivity index (χ2n) is 11.2. The summed E-state index contributed by atoms with van der Waals surface area (Å²) in [5, 5.41) is 12.0. The molecule has 0 radical (unpaired) electrons. The molecule has 15 heteroatoms. The largest absolute Gasteiger partial charge is 0.574 e. The van der Waals surface area contributed by atoms with Gasteiger partial charge in [-0.05, 0) is 49.4 Å². The fourth-order valence-corrected chi connectivity index (χ4v) is 6.01. The number of nitrogens with zero attached hydrogens (tertiary/aromatic N) is 7. The van der Waals surface area contributed by atoms with Gasteiger partial charge in [0.05, 0.1) is 11.2 Å². The van der Waals surface area contributed by atoms with Gasteiger partial charge in [-0.1, -0.05) is 12.1 Å². The maximum Gasteiger partial charge on any atom is 0.574 e. The van der Waals surface area contributed by atoms with Crippen molar-refractivity contribution in [3.8, 4) is 17.0 Å². The fourth-order valence-electron chi connectivity index (χ4n) is 6.01. The lowest BCUT2D eigenvalue weighted by molar-refractivity contribution is -0.276. The lowest BCUT2D eigenvalue weighted by atomic mass is 10.0. The van der Waals surface area contributed by atoms with Gasteiger partial charge in [-0.15, -0.1) is 13.2 Å². The van der Waals surface area contributed by atoms with Crippen LogP contribution in [0, 0.1) is 12.8 Å². The standard InChI is InChI=1S/C30H25F3N8O4/c1-15-8-25-34-12-19(13-40(25)37-15)17-6-7-21-20(9-17)28(16(2)42)38-39(21)14-27(43)41-22-10-18(22)11-23(41)29(44)36-24-4-3-5-26(35-24)45-30(31,32)33/h3-9,12-13,18,22-23H,10-11,14H2,1-2H3,(H,35,36,44)/t18-,22?,23+/m1/s1. The first-order valence-corrected chi connectivity index (χ1v) is 14.1. The van der Waals surface area contributed by atoms with Crippen molar-refractivity contribution in [3.05, 3.63) is 66.2 Å². The van der Waals surface area contributed by atoms with E-state index in [9.17, 15) is 27.6 Å². The Bertz CT molecular complexity index is 2020. The molecule has 1 unspecified atom stereocenters. The number of rotatable bonds is 7. The van der Waals surface area contributed by atoms with Gasteiger partial charge >= 0.3 is 6.36 Å². The minimum atomic E-state index is -4.93. The molecule has 230 valence electrons. The predicted molar refractivity (Wildman–Crippen MR) is 153 cm³/mol. The number of fused-ring (bicyclic) bond motifs is 3. The van der Waals surface area contributed by atoms with Gasteiger partial charge in [0.2, 0.25) is 17.7 Å². The molecule has 5 heterocycles. The highest BCUT2D eigenvalue weighted by molar-refractivity contribution is 6.06. The van der Waals surface area contributed by atoms with Crippen molar-refractivity contribution in [2.24, 2.45) is 5.92 Å². The Labute approximate surface area is 252 Å². The van der Waals surface area contributed by atoms with E-state index in [1.807, 2.05) is 31.3 Å². The maximum atomic E-state index is 13.7. The van der Waals surface area contributed by atoms with Crippen molar-refractivity contribution in [3.63, 3.8) is 0 Å². The van der Waals surface area contributed by atoms with Crippen LogP contribution in [0.25, 0.3) is 27.7 Å². The van der Waals surface area contributed by atoms with E-state index in [1.165, 1.54) is 28.6 Å². The number of aryl methyl sites for hydroxylation is 1. The number of aromatic nitrogens is 6. The summed E-state index contributed by atoms with van der Waals surface area (Å²) in [5.74, 6) is -1.91. The first kappa shape index (κ1) is 28.4. The summed E-state index contributed by atoms with van der Waals surface area (Å²) in [6, 6.07) is 9.97. The molecule has 1 saturated carbocycles. The van der Waals surface area contributed by atoms with E-state index in [0.717, 1.165) is 29.3 Å². The molecule has 0 spiro atoms. The van der Waals surface area contributed by atoms with Gasteiger partial charge in [0.1, 0.15) is 24.1 Å². The summed E-state index contributed by atoms with van der Waals surface area (Å²) in [6.45, 7) is 3.06. The number of halogens is 3. The number of hydrogen-bond donors (Lipinski definition) is 1. The number of carbonyl (C=O) groups excluding carboxylic acids is 3. The predicted octanol–water partition coefficient (Wildman–Crippen LogP) is 4.18.